The smallest absolute Gasteiger partial charge is 0.336 e. The van der Waals surface area contributed by atoms with E-state index in [0.29, 0.717) is 12.4 Å². The second kappa shape index (κ2) is 12.3. The third-order valence-electron chi connectivity index (χ3n) is 4.93. The predicted octanol–water partition coefficient (Wildman–Crippen LogP) is 5.58. The van der Waals surface area contributed by atoms with Crippen LogP contribution in [0.3, 0.4) is 0 Å². The first kappa shape index (κ1) is 23.1. The molecule has 0 aliphatic heterocycles. The molecule has 3 aromatic rings. The number of aromatic hydroxyl groups is 1. The predicted molar refractivity (Wildman–Crippen MR) is 128 cm³/mol. The molecule has 0 aromatic heterocycles. The third-order valence-corrected chi connectivity index (χ3v) is 4.93. The highest BCUT2D eigenvalue weighted by atomic mass is 16.5. The molecule has 0 saturated carbocycles. The second-order valence-corrected chi connectivity index (χ2v) is 7.45. The van der Waals surface area contributed by atoms with Crippen LogP contribution < -0.4 is 15.2 Å². The molecular formula is C27H29NO4. The summed E-state index contributed by atoms with van der Waals surface area (Å²) in [6, 6.07) is 21.9. The summed E-state index contributed by atoms with van der Waals surface area (Å²) >= 11 is 0. The van der Waals surface area contributed by atoms with E-state index in [4.69, 9.17) is 15.2 Å². The van der Waals surface area contributed by atoms with Gasteiger partial charge in [0.25, 0.3) is 0 Å². The Morgan fingerprint density at radius 3 is 2.00 bits per heavy atom. The lowest BCUT2D eigenvalue weighted by molar-refractivity contribution is -0.128. The molecule has 0 unspecified atom stereocenters. The molecule has 3 rings (SSSR count). The second-order valence-electron chi connectivity index (χ2n) is 7.45. The van der Waals surface area contributed by atoms with Gasteiger partial charge in [0, 0.05) is 6.08 Å². The van der Waals surface area contributed by atoms with Gasteiger partial charge < -0.3 is 20.3 Å². The van der Waals surface area contributed by atoms with Crippen molar-refractivity contribution in [2.24, 2.45) is 5.73 Å². The van der Waals surface area contributed by atoms with Crippen molar-refractivity contribution in [2.75, 3.05) is 13.2 Å². The zero-order valence-electron chi connectivity index (χ0n) is 18.1. The zero-order chi connectivity index (χ0) is 22.6. The lowest BCUT2D eigenvalue weighted by atomic mass is 10.1. The maximum absolute atomic E-state index is 12.0. The van der Waals surface area contributed by atoms with Gasteiger partial charge in [0.2, 0.25) is 0 Å². The summed E-state index contributed by atoms with van der Waals surface area (Å²) in [7, 11) is 0. The Hall–Kier alpha value is -3.57. The number of unbranched alkanes of at least 4 members (excludes halogenated alkanes) is 3. The number of carbonyl (C=O) groups excluding carboxylic acids is 1. The summed E-state index contributed by atoms with van der Waals surface area (Å²) in [4.78, 5) is 12.0. The Morgan fingerprint density at radius 2 is 1.38 bits per heavy atom. The topological polar surface area (TPSA) is 81.8 Å². The van der Waals surface area contributed by atoms with Crippen LogP contribution in [0.4, 0.5) is 0 Å². The molecule has 5 heteroatoms. The average molecular weight is 432 g/mol. The number of benzene rings is 3. The van der Waals surface area contributed by atoms with Gasteiger partial charge in [-0.25, -0.2) is 4.79 Å². The van der Waals surface area contributed by atoms with Crippen molar-refractivity contribution in [3.8, 4) is 28.4 Å². The van der Waals surface area contributed by atoms with Crippen molar-refractivity contribution in [2.45, 2.75) is 25.7 Å². The maximum Gasteiger partial charge on any atom is 0.336 e. The number of hydrogen-bond acceptors (Lipinski definition) is 5. The summed E-state index contributed by atoms with van der Waals surface area (Å²) in [5, 5.41) is 9.29. The summed E-state index contributed by atoms with van der Waals surface area (Å²) in [6.45, 7) is 1.47. The van der Waals surface area contributed by atoms with E-state index in [1.54, 1.807) is 42.5 Å². The van der Waals surface area contributed by atoms with E-state index in [0.717, 1.165) is 54.7 Å². The molecule has 0 amide bonds. The first-order valence-corrected chi connectivity index (χ1v) is 10.9. The molecule has 0 fully saturated rings. The van der Waals surface area contributed by atoms with Crippen LogP contribution in [0.1, 0.15) is 31.2 Å². The minimum Gasteiger partial charge on any atom is -0.508 e. The normalized spacial score (nSPS) is 10.9. The number of phenols is 1. The van der Waals surface area contributed by atoms with Crippen LogP contribution in [0.2, 0.25) is 0 Å². The van der Waals surface area contributed by atoms with Crippen molar-refractivity contribution < 1.29 is 19.4 Å². The SMILES string of the molecule is NCCCCCCOc1ccc(-c2ccc(OC(=O)/C=C/c3ccc(O)cc3)cc2)cc1. The molecule has 3 aromatic carbocycles. The summed E-state index contributed by atoms with van der Waals surface area (Å²) in [5.74, 6) is 1.05. The van der Waals surface area contributed by atoms with Crippen molar-refractivity contribution >= 4 is 12.0 Å². The van der Waals surface area contributed by atoms with Crippen LogP contribution in [-0.2, 0) is 4.79 Å². The maximum atomic E-state index is 12.0. The first-order valence-electron chi connectivity index (χ1n) is 10.9. The van der Waals surface area contributed by atoms with E-state index in [9.17, 15) is 9.90 Å². The largest absolute Gasteiger partial charge is 0.508 e. The molecule has 32 heavy (non-hydrogen) atoms. The van der Waals surface area contributed by atoms with Gasteiger partial charge >= 0.3 is 5.97 Å². The first-order chi connectivity index (χ1) is 15.6. The van der Waals surface area contributed by atoms with E-state index in [1.807, 2.05) is 36.4 Å². The van der Waals surface area contributed by atoms with Gasteiger partial charge in [-0.2, -0.15) is 0 Å². The Labute approximate surface area is 189 Å². The average Bonchev–Trinajstić information content (AvgIpc) is 2.82. The van der Waals surface area contributed by atoms with Crippen LogP contribution in [0, 0.1) is 0 Å². The number of esters is 1. The lowest BCUT2D eigenvalue weighted by Crippen LogP contribution is -2.03. The van der Waals surface area contributed by atoms with E-state index in [1.165, 1.54) is 6.08 Å². The summed E-state index contributed by atoms with van der Waals surface area (Å²) in [6.07, 6.45) is 7.39. The third kappa shape index (κ3) is 7.60. The van der Waals surface area contributed by atoms with E-state index in [2.05, 4.69) is 0 Å². The Morgan fingerprint density at radius 1 is 0.781 bits per heavy atom. The molecule has 0 radical (unpaired) electrons. The van der Waals surface area contributed by atoms with Gasteiger partial charge in [-0.15, -0.1) is 0 Å². The highest BCUT2D eigenvalue weighted by molar-refractivity contribution is 5.88. The van der Waals surface area contributed by atoms with E-state index >= 15 is 0 Å². The van der Waals surface area contributed by atoms with Crippen LogP contribution in [0.25, 0.3) is 17.2 Å². The molecule has 0 heterocycles. The highest BCUT2D eigenvalue weighted by Gasteiger charge is 2.03. The zero-order valence-corrected chi connectivity index (χ0v) is 18.1. The number of carbonyl (C=O) groups is 1. The molecule has 3 N–H and O–H groups in total. The number of nitrogens with two attached hydrogens (primary N) is 1. The highest BCUT2D eigenvalue weighted by Crippen LogP contribution is 2.25. The molecule has 0 aliphatic carbocycles. The molecule has 5 nitrogen and oxygen atoms in total. The molecule has 0 bridgehead atoms. The fourth-order valence-corrected chi connectivity index (χ4v) is 3.15. The monoisotopic (exact) mass is 431 g/mol. The molecule has 0 spiro atoms. The van der Waals surface area contributed by atoms with Gasteiger partial charge in [0.1, 0.15) is 17.2 Å². The van der Waals surface area contributed by atoms with Crippen molar-refractivity contribution in [1.82, 2.24) is 0 Å². The van der Waals surface area contributed by atoms with Crippen molar-refractivity contribution in [3.05, 3.63) is 84.4 Å². The number of phenolic OH excluding ortho intramolecular Hbond substituents is 1. The van der Waals surface area contributed by atoms with Gasteiger partial charge in [-0.3, -0.25) is 0 Å². The van der Waals surface area contributed by atoms with Gasteiger partial charge in [0.05, 0.1) is 6.61 Å². The van der Waals surface area contributed by atoms with Crippen LogP contribution in [-0.4, -0.2) is 24.2 Å². The molecule has 166 valence electrons. The molecule has 0 aliphatic rings. The van der Waals surface area contributed by atoms with Gasteiger partial charge in [-0.1, -0.05) is 49.2 Å². The molecule has 0 saturated heterocycles. The standard InChI is InChI=1S/C27H29NO4/c28-19-3-1-2-4-20-31-25-14-8-22(9-15-25)23-10-16-26(17-11-23)32-27(30)18-7-21-5-12-24(29)13-6-21/h5-18,29H,1-4,19-20,28H2/b18-7+. The summed E-state index contributed by atoms with van der Waals surface area (Å²) in [5.41, 5.74) is 8.39. The number of ether oxygens (including phenoxy) is 2. The summed E-state index contributed by atoms with van der Waals surface area (Å²) < 4.78 is 11.1. The fraction of sp³-hybridized carbons (Fsp3) is 0.222. The molecular weight excluding hydrogens is 402 g/mol. The van der Waals surface area contributed by atoms with Gasteiger partial charge in [-0.05, 0) is 78.6 Å². The Balaban J connectivity index is 1.48. The van der Waals surface area contributed by atoms with Crippen molar-refractivity contribution in [1.29, 1.82) is 0 Å². The van der Waals surface area contributed by atoms with Gasteiger partial charge in [0.15, 0.2) is 0 Å². The lowest BCUT2D eigenvalue weighted by Gasteiger charge is -2.08. The fourth-order valence-electron chi connectivity index (χ4n) is 3.15. The van der Waals surface area contributed by atoms with Crippen molar-refractivity contribution in [3.63, 3.8) is 0 Å². The Bertz CT molecular complexity index is 993. The molecule has 0 atom stereocenters. The van der Waals surface area contributed by atoms with Crippen LogP contribution >= 0.6 is 0 Å². The quantitative estimate of drug-likeness (QED) is 0.179. The van der Waals surface area contributed by atoms with E-state index in [-0.39, 0.29) is 5.75 Å². The Kier molecular flexibility index (Phi) is 8.90. The van der Waals surface area contributed by atoms with Crippen LogP contribution in [0.5, 0.6) is 17.2 Å². The number of hydrogen-bond donors (Lipinski definition) is 2. The van der Waals surface area contributed by atoms with E-state index < -0.39 is 5.97 Å². The van der Waals surface area contributed by atoms with Crippen LogP contribution in [0.15, 0.2) is 78.9 Å². The minimum absolute atomic E-state index is 0.182. The minimum atomic E-state index is -0.463. The number of rotatable bonds is 11.